The topological polar surface area (TPSA) is 64.0 Å². The van der Waals surface area contributed by atoms with Crippen LogP contribution in [0.5, 0.6) is 0 Å². The van der Waals surface area contributed by atoms with Crippen LogP contribution < -0.4 is 32.2 Å². The lowest BCUT2D eigenvalue weighted by molar-refractivity contribution is -0.683. The summed E-state index contributed by atoms with van der Waals surface area (Å²) in [6.07, 6.45) is -3.88. The first kappa shape index (κ1) is 47.1. The molecule has 0 spiro atoms. The second-order valence-corrected chi connectivity index (χ2v) is 12.7. The van der Waals surface area contributed by atoms with Crippen molar-refractivity contribution in [2.24, 2.45) is 5.73 Å². The molecule has 1 aromatic heterocycles. The van der Waals surface area contributed by atoms with Gasteiger partial charge in [0.1, 0.15) is 52.7 Å². The summed E-state index contributed by atoms with van der Waals surface area (Å²) in [6.45, 7) is 0.239. The van der Waals surface area contributed by atoms with Gasteiger partial charge in [-0.25, -0.2) is 87.8 Å². The molecule has 0 atom stereocenters. The van der Waals surface area contributed by atoms with Gasteiger partial charge >= 0.3 is 0 Å². The minimum Gasteiger partial charge on any atom is -0.366 e. The number of rotatable bonds is 8. The molecule has 6 rings (SSSR count). The van der Waals surface area contributed by atoms with Gasteiger partial charge in [-0.3, -0.25) is 9.59 Å². The maximum Gasteiger partial charge on any atom is 0.249 e. The molecule has 0 radical (unpaired) electrons. The largest absolute Gasteiger partial charge is 0.366 e. The van der Waals surface area contributed by atoms with Crippen LogP contribution in [0.15, 0.2) is 54.9 Å². The summed E-state index contributed by atoms with van der Waals surface area (Å²) in [4.78, 5) is 22.8. The molecule has 0 bridgehead atoms. The Morgan fingerprint density at radius 1 is 0.365 bits per heavy atom. The van der Waals surface area contributed by atoms with Gasteiger partial charge in [0.15, 0.2) is 82.2 Å². The molecule has 0 fully saturated rings. The molecule has 1 amide bonds. The molecule has 330 valence electrons. The highest BCUT2D eigenvalue weighted by molar-refractivity contribution is 7.20. The number of nitrogens with zero attached hydrogens (tertiary/aromatic N) is 1. The Morgan fingerprint density at radius 2 is 0.603 bits per heavy atom. The Kier molecular flexibility index (Phi) is 13.0. The highest BCUT2D eigenvalue weighted by Crippen LogP contribution is 2.30. The van der Waals surface area contributed by atoms with Gasteiger partial charge in [-0.15, -0.1) is 21.9 Å². The van der Waals surface area contributed by atoms with E-state index in [0.717, 1.165) is 0 Å². The zero-order valence-electron chi connectivity index (χ0n) is 29.9. The van der Waals surface area contributed by atoms with Crippen molar-refractivity contribution in [3.05, 3.63) is 182 Å². The first-order valence-corrected chi connectivity index (χ1v) is 16.5. The van der Waals surface area contributed by atoms with E-state index in [9.17, 15) is 62.3 Å². The Morgan fingerprint density at radius 3 is 0.841 bits per heavy atom. The number of hydrogen-bond donors (Lipinski definition) is 1. The number of amides is 1. The molecule has 6 aromatic rings. The molecule has 5 aromatic carbocycles. The molecule has 2 N–H and O–H groups in total. The molecule has 1 heterocycles. The summed E-state index contributed by atoms with van der Waals surface area (Å²) in [5, 5.41) is 0. The molecule has 0 aliphatic carbocycles. The quantitative estimate of drug-likeness (QED) is 0.0457. The van der Waals surface area contributed by atoms with Gasteiger partial charge in [0.2, 0.25) is 18.2 Å². The number of carbonyl (C=O) groups is 2. The zero-order chi connectivity index (χ0) is 47.3. The number of nitrogens with two attached hydrogens (primary N) is 1. The van der Waals surface area contributed by atoms with Crippen molar-refractivity contribution in [1.29, 1.82) is 0 Å². The number of ketones is 1. The van der Waals surface area contributed by atoms with Gasteiger partial charge in [0, 0.05) is 17.7 Å². The highest BCUT2D eigenvalue weighted by Gasteiger charge is 2.52. The average Bonchev–Trinajstić information content (AvgIpc) is 3.26. The van der Waals surface area contributed by atoms with E-state index >= 15 is 35.1 Å². The molecular weight excluding hydrogens is 907 g/mol. The Labute approximate surface area is 336 Å². The third kappa shape index (κ3) is 7.57. The van der Waals surface area contributed by atoms with Crippen LogP contribution in [-0.2, 0) is 6.54 Å². The number of Topliss-reactive ketones (excluding diaryl/α,β-unsaturated/α-hetero) is 1. The molecule has 25 heteroatoms. The van der Waals surface area contributed by atoms with E-state index in [-0.39, 0.29) is 12.3 Å². The minimum absolute atomic E-state index is 0.0208. The smallest absolute Gasteiger partial charge is 0.249 e. The molecule has 63 heavy (non-hydrogen) atoms. The van der Waals surface area contributed by atoms with E-state index in [1.165, 1.54) is 0 Å². The van der Waals surface area contributed by atoms with Crippen LogP contribution in [0.2, 0.25) is 0 Å². The second-order valence-electron chi connectivity index (χ2n) is 12.7. The summed E-state index contributed by atoms with van der Waals surface area (Å²) >= 11 is 0. The first-order valence-electron chi connectivity index (χ1n) is 16.5. The average molecular weight is 920 g/mol. The Balaban J connectivity index is 0.000000345. The third-order valence-electron chi connectivity index (χ3n) is 9.30. The number of carbonyl (C=O) groups excluding carboxylic acids is 2. The minimum atomic E-state index is -7.22. The third-order valence-corrected chi connectivity index (χ3v) is 9.30. The molecule has 4 nitrogen and oxygen atoms in total. The summed E-state index contributed by atoms with van der Waals surface area (Å²) in [5.41, 5.74) is -8.09. The van der Waals surface area contributed by atoms with Gasteiger partial charge in [-0.2, -0.15) is 4.57 Å². The van der Waals surface area contributed by atoms with Crippen molar-refractivity contribution in [3.63, 3.8) is 0 Å². The van der Waals surface area contributed by atoms with Crippen LogP contribution >= 0.6 is 0 Å². The molecule has 0 aliphatic heterocycles. The zero-order valence-corrected chi connectivity index (χ0v) is 29.9. The summed E-state index contributed by atoms with van der Waals surface area (Å²) in [7, 11) is 0. The number of pyridine rings is 1. The van der Waals surface area contributed by atoms with Crippen LogP contribution in [0.3, 0.4) is 0 Å². The van der Waals surface area contributed by atoms with Crippen LogP contribution in [0, 0.1) is 116 Å². The van der Waals surface area contributed by atoms with E-state index in [0.29, 0.717) is 11.1 Å². The number of aromatic nitrogens is 1. The standard InChI is InChI=1S/C24BF20.C14H12N2O2/c26-5-1(6(27)14(35)21(42)13(5)34)25(2-7(28)15(36)22(43)16(37)8(2)29,3-9(30)17(38)23(44)18(39)10(3)31)4-11(32)19(40)24(45)20(41)12(4)33;15-14(18)12-6-8-16(9-7-12)10-13(17)11-4-2-1-3-5-11/h;1-9H,10H2,(H-,15,18)/q-1;/p+1. The fourth-order valence-electron chi connectivity index (χ4n) is 6.48. The van der Waals surface area contributed by atoms with Gasteiger partial charge in [-0.1, -0.05) is 30.3 Å². The monoisotopic (exact) mass is 920 g/mol. The maximum atomic E-state index is 15.4. The molecule has 0 unspecified atom stereocenters. The van der Waals surface area contributed by atoms with Gasteiger partial charge in [-0.05, 0) is 0 Å². The lowest BCUT2D eigenvalue weighted by Crippen LogP contribution is -2.81. The molecule has 0 saturated carbocycles. The Bertz CT molecular complexity index is 2480. The van der Waals surface area contributed by atoms with Crippen molar-refractivity contribution in [1.82, 2.24) is 0 Å². The second kappa shape index (κ2) is 17.4. The lowest BCUT2D eigenvalue weighted by atomic mass is 9.12. The van der Waals surface area contributed by atoms with Gasteiger partial charge in [0.05, 0.1) is 5.56 Å². The predicted octanol–water partition coefficient (Wildman–Crippen LogP) is 6.80. The van der Waals surface area contributed by atoms with Crippen LogP contribution in [0.25, 0.3) is 0 Å². The lowest BCUT2D eigenvalue weighted by Gasteiger charge is -2.44. The fourth-order valence-corrected chi connectivity index (χ4v) is 6.48. The summed E-state index contributed by atoms with van der Waals surface area (Å²) in [5.74, 6) is -71.9. The highest BCUT2D eigenvalue weighted by atomic mass is 19.2. The van der Waals surface area contributed by atoms with Crippen molar-refractivity contribution < 1.29 is 102 Å². The number of benzene rings is 5. The van der Waals surface area contributed by atoms with Crippen molar-refractivity contribution in [3.8, 4) is 0 Å². The van der Waals surface area contributed by atoms with Gasteiger partial charge < -0.3 is 5.73 Å². The van der Waals surface area contributed by atoms with Crippen molar-refractivity contribution in [2.75, 3.05) is 0 Å². The van der Waals surface area contributed by atoms with Crippen LogP contribution in [-0.4, -0.2) is 17.8 Å². The molecule has 0 saturated heterocycles. The Hall–Kier alpha value is -6.95. The normalized spacial score (nSPS) is 11.4. The number of halogens is 20. The van der Waals surface area contributed by atoms with Crippen LogP contribution in [0.1, 0.15) is 20.7 Å². The summed E-state index contributed by atoms with van der Waals surface area (Å²) < 4.78 is 296. The fraction of sp³-hybridized carbons (Fsp3) is 0.0263. The van der Waals surface area contributed by atoms with E-state index in [2.05, 4.69) is 0 Å². The van der Waals surface area contributed by atoms with Crippen molar-refractivity contribution in [2.45, 2.75) is 6.54 Å². The number of primary amides is 1. The maximum absolute atomic E-state index is 15.4. The van der Waals surface area contributed by atoms with E-state index in [4.69, 9.17) is 5.73 Å². The molecule has 0 aliphatic rings. The molecular formula is C38H13BF20N2O2. The van der Waals surface area contributed by atoms with E-state index < -0.39 is 150 Å². The van der Waals surface area contributed by atoms with E-state index in [1.807, 2.05) is 18.2 Å². The van der Waals surface area contributed by atoms with Gasteiger partial charge in [0.25, 0.3) is 0 Å². The van der Waals surface area contributed by atoms with Crippen molar-refractivity contribution >= 4 is 39.7 Å². The first-order chi connectivity index (χ1) is 29.4. The van der Waals surface area contributed by atoms with E-state index in [1.54, 1.807) is 41.2 Å². The van der Waals surface area contributed by atoms with Crippen LogP contribution in [0.4, 0.5) is 87.8 Å². The number of hydrogen-bond acceptors (Lipinski definition) is 2. The predicted molar refractivity (Wildman–Crippen MR) is 175 cm³/mol. The SMILES string of the molecule is Fc1c(F)c(F)c([B-](c2c(F)c(F)c(F)c(F)c2F)(c2c(F)c(F)c(F)c(F)c2F)c2c(F)c(F)c(F)c(F)c2F)c(F)c1F.NC(=O)c1cc[n+](CC(=O)c2ccccc2)cc1. The summed E-state index contributed by atoms with van der Waals surface area (Å²) in [6, 6.07) is 12.3.